The molecule has 4 heteroatoms. The highest BCUT2D eigenvalue weighted by atomic mass is 15.2. The Balaban J connectivity index is 1.02. The van der Waals surface area contributed by atoms with E-state index in [4.69, 9.17) is 8.22 Å². The van der Waals surface area contributed by atoms with Gasteiger partial charge < -0.3 is 18.6 Å². The number of fused-ring (bicyclic) bond motifs is 12. The van der Waals surface area contributed by atoms with Crippen LogP contribution in [0.3, 0.4) is 0 Å². The molecule has 0 saturated heterocycles. The second-order valence-electron chi connectivity index (χ2n) is 25.1. The SMILES string of the molecule is [2H]c1c([2H])c([2H])c(-c2ccccc2N(c2c([2H])c([2H])c([2H])c([2H])c2-c2ccccc2)c2ccc3c4cc5c(cc4n4c6ccc(C(C)(C)C)cc6c2c34)c2ccc(N(c3ccccc3-c3c([2H])c([2H])c([2H])c([2H])c3[2H])c3c([2H])c([2H])c([2H])c([2H])c3-c3ccccc3)c3c4cc(C(C)(C)C)ccc4n5c23)c([2H])c1[2H]. The molecule has 0 atom stereocenters. The van der Waals surface area contributed by atoms with Crippen molar-refractivity contribution in [1.82, 2.24) is 8.80 Å². The Morgan fingerprint density at radius 2 is 0.656 bits per heavy atom. The first-order valence-electron chi connectivity index (χ1n) is 39.1. The van der Waals surface area contributed by atoms with Gasteiger partial charge in [-0.05, 0) is 117 Å². The Bertz CT molecular complexity index is 6290. The number of hydrogen-bond acceptors (Lipinski definition) is 2. The Morgan fingerprint density at radius 3 is 1.07 bits per heavy atom. The summed E-state index contributed by atoms with van der Waals surface area (Å²) < 4.78 is 173. The highest BCUT2D eigenvalue weighted by Crippen LogP contribution is 2.55. The summed E-state index contributed by atoms with van der Waals surface area (Å²) in [5.41, 5.74) is 9.03. The van der Waals surface area contributed by atoms with E-state index < -0.39 is 95.4 Å². The standard InChI is InChI=1S/C86H66N4/c1-85(2,3)59-43-47-75-69(51-59)81-77(87(71-39-23-19-35-61(71)55-27-11-7-12-28-55)72-40-24-20-36-62(72)56-29-13-8-14-30-56)49-45-65-67-54-80-68(53-79(67)89(75)83(65)81)66-46-50-78(82-70-52-60(86(4,5)6)44-48-76(70)90(80)84(66)82)88(73-41-25-21-37-63(73)57-31-15-9-16-32-57)74-42-26-22-38-64(74)58-33-17-10-18-34-58/h7-54H,1-6H3/i7D,9D,11D,12D,15D,16D,20D,22D,24D,26D,27D,28D,31D,32D,36D,38D,40D,42D. The maximum atomic E-state index is 10.1. The van der Waals surface area contributed by atoms with Crippen LogP contribution in [0.5, 0.6) is 0 Å². The summed E-state index contributed by atoms with van der Waals surface area (Å²) in [5.74, 6) is 0. The van der Waals surface area contributed by atoms with Crippen LogP contribution in [0.1, 0.15) is 77.3 Å². The van der Waals surface area contributed by atoms with Crippen LogP contribution >= 0.6 is 0 Å². The average Bonchev–Trinajstić information content (AvgIpc) is 1.51. The van der Waals surface area contributed by atoms with Gasteiger partial charge in [-0.3, -0.25) is 0 Å². The molecule has 4 heterocycles. The predicted molar refractivity (Wildman–Crippen MR) is 384 cm³/mol. The van der Waals surface area contributed by atoms with Crippen molar-refractivity contribution in [3.05, 3.63) is 302 Å². The minimum atomic E-state index is -0.574. The van der Waals surface area contributed by atoms with E-state index in [0.717, 1.165) is 76.5 Å². The summed E-state index contributed by atoms with van der Waals surface area (Å²) in [6, 6.07) is 48.3. The van der Waals surface area contributed by atoms with Crippen molar-refractivity contribution < 1.29 is 24.7 Å². The molecule has 0 aliphatic heterocycles. The first-order valence-corrected chi connectivity index (χ1v) is 30.1. The highest BCUT2D eigenvalue weighted by Gasteiger charge is 2.32. The number of para-hydroxylation sites is 4. The van der Waals surface area contributed by atoms with Gasteiger partial charge in [0.1, 0.15) is 0 Å². The van der Waals surface area contributed by atoms with E-state index in [2.05, 4.69) is 98.9 Å². The maximum Gasteiger partial charge on any atom is 0.0645 e. The van der Waals surface area contributed by atoms with Gasteiger partial charge >= 0.3 is 0 Å². The molecule has 0 saturated carbocycles. The molecule has 0 fully saturated rings. The number of hydrogen-bond donors (Lipinski definition) is 0. The van der Waals surface area contributed by atoms with Crippen molar-refractivity contribution in [3.8, 4) is 44.5 Å². The van der Waals surface area contributed by atoms with Crippen molar-refractivity contribution >= 4 is 110 Å². The van der Waals surface area contributed by atoms with E-state index in [1.54, 1.807) is 107 Å². The van der Waals surface area contributed by atoms with E-state index in [1.165, 1.54) is 0 Å². The van der Waals surface area contributed by atoms with Gasteiger partial charge in [0.2, 0.25) is 0 Å². The molecule has 4 aromatic heterocycles. The van der Waals surface area contributed by atoms with Gasteiger partial charge in [0.05, 0.1) is 91.9 Å². The molecule has 0 aliphatic rings. The van der Waals surface area contributed by atoms with Crippen LogP contribution in [-0.4, -0.2) is 8.80 Å². The molecule has 0 bridgehead atoms. The topological polar surface area (TPSA) is 15.3 Å². The lowest BCUT2D eigenvalue weighted by Gasteiger charge is -2.30. The fourth-order valence-corrected chi connectivity index (χ4v) is 13.7. The Hall–Kier alpha value is -10.9. The first-order chi connectivity index (χ1) is 51.4. The molecule has 0 aliphatic carbocycles. The zero-order valence-corrected chi connectivity index (χ0v) is 50.1. The summed E-state index contributed by atoms with van der Waals surface area (Å²) in [6.07, 6.45) is 0. The summed E-state index contributed by atoms with van der Waals surface area (Å²) in [5, 5.41) is 6.30. The molecule has 13 aromatic carbocycles. The van der Waals surface area contributed by atoms with Crippen LogP contribution in [0.2, 0.25) is 0 Å². The normalized spacial score (nSPS) is 15.1. The van der Waals surface area contributed by atoms with Crippen molar-refractivity contribution in [2.45, 2.75) is 52.4 Å². The van der Waals surface area contributed by atoms with Crippen molar-refractivity contribution in [1.29, 1.82) is 0 Å². The molecule has 0 spiro atoms. The minimum absolute atomic E-state index is 0.0545. The fourth-order valence-electron chi connectivity index (χ4n) is 13.7. The highest BCUT2D eigenvalue weighted by molar-refractivity contribution is 6.32. The summed E-state index contributed by atoms with van der Waals surface area (Å²) >= 11 is 0. The Morgan fingerprint density at radius 1 is 0.278 bits per heavy atom. The van der Waals surface area contributed by atoms with E-state index >= 15 is 0 Å². The molecule has 4 nitrogen and oxygen atoms in total. The smallest absolute Gasteiger partial charge is 0.0645 e. The summed E-state index contributed by atoms with van der Waals surface area (Å²) in [4.78, 5) is 3.56. The van der Waals surface area contributed by atoms with Crippen LogP contribution < -0.4 is 9.80 Å². The zero-order valence-electron chi connectivity index (χ0n) is 68.1. The summed E-state index contributed by atoms with van der Waals surface area (Å²) in [7, 11) is 0. The Kier molecular flexibility index (Phi) is 8.51. The van der Waals surface area contributed by atoms with Gasteiger partial charge in [0.15, 0.2) is 0 Å². The third kappa shape index (κ3) is 8.21. The third-order valence-electron chi connectivity index (χ3n) is 17.9. The monoisotopic (exact) mass is 1170 g/mol. The Labute approximate surface area is 550 Å². The lowest BCUT2D eigenvalue weighted by molar-refractivity contribution is 0.591. The molecule has 17 aromatic rings. The van der Waals surface area contributed by atoms with E-state index in [0.29, 0.717) is 33.3 Å². The first kappa shape index (κ1) is 37.7. The van der Waals surface area contributed by atoms with Crippen LogP contribution in [0, 0.1) is 0 Å². The number of nitrogens with zero attached hydrogens (tertiary/aromatic N) is 4. The van der Waals surface area contributed by atoms with Crippen LogP contribution in [0.4, 0.5) is 34.1 Å². The van der Waals surface area contributed by atoms with Crippen LogP contribution in [0.25, 0.3) is 121 Å². The van der Waals surface area contributed by atoms with Crippen molar-refractivity contribution in [3.63, 3.8) is 0 Å². The number of anilines is 6. The third-order valence-corrected chi connectivity index (χ3v) is 17.9. The number of rotatable bonds is 10. The molecule has 0 unspecified atom stereocenters. The largest absolute Gasteiger partial charge is 0.309 e. The van der Waals surface area contributed by atoms with Crippen molar-refractivity contribution in [2.75, 3.05) is 9.80 Å². The van der Waals surface area contributed by atoms with E-state index in [-0.39, 0.29) is 80.3 Å². The van der Waals surface area contributed by atoms with Gasteiger partial charge in [-0.1, -0.05) is 260 Å². The molecule has 0 amide bonds. The van der Waals surface area contributed by atoms with E-state index in [9.17, 15) is 16.4 Å². The molecule has 0 radical (unpaired) electrons. The predicted octanol–water partition coefficient (Wildman–Crippen LogP) is 24.2. The molecule has 0 N–H and O–H groups in total. The molecule has 430 valence electrons. The summed E-state index contributed by atoms with van der Waals surface area (Å²) in [6.45, 7) is 12.8. The van der Waals surface area contributed by atoms with Gasteiger partial charge in [0.25, 0.3) is 0 Å². The lowest BCUT2D eigenvalue weighted by atomic mass is 9.86. The average molecular weight is 1170 g/mol. The zero-order chi connectivity index (χ0) is 76.2. The van der Waals surface area contributed by atoms with Gasteiger partial charge in [-0.25, -0.2) is 0 Å². The quantitative estimate of drug-likeness (QED) is 0.136. The second-order valence-corrected chi connectivity index (χ2v) is 25.1. The van der Waals surface area contributed by atoms with Gasteiger partial charge in [-0.2, -0.15) is 0 Å². The minimum Gasteiger partial charge on any atom is -0.309 e. The van der Waals surface area contributed by atoms with Gasteiger partial charge in [-0.15, -0.1) is 0 Å². The second kappa shape index (κ2) is 20.3. The van der Waals surface area contributed by atoms with Crippen LogP contribution in [-0.2, 0) is 10.8 Å². The van der Waals surface area contributed by atoms with Crippen molar-refractivity contribution in [2.24, 2.45) is 0 Å². The fraction of sp³-hybridized carbons (Fsp3) is 0.0930. The number of benzene rings is 13. The molecular weight excluding hydrogens is 1090 g/mol. The molecule has 17 rings (SSSR count). The molecule has 90 heavy (non-hydrogen) atoms. The van der Waals surface area contributed by atoms with Crippen LogP contribution in [0.15, 0.2) is 291 Å². The van der Waals surface area contributed by atoms with Gasteiger partial charge in [0, 0.05) is 65.3 Å². The maximum absolute atomic E-state index is 10.1. The lowest BCUT2D eigenvalue weighted by Crippen LogP contribution is -2.13. The van der Waals surface area contributed by atoms with E-state index in [1.807, 2.05) is 36.4 Å². The molecular formula is C86H66N4. The number of aromatic nitrogens is 2.